The van der Waals surface area contributed by atoms with Crippen molar-refractivity contribution in [2.45, 2.75) is 20.1 Å². The zero-order valence-corrected chi connectivity index (χ0v) is 14.8. The number of hydrogen-bond acceptors (Lipinski definition) is 4. The minimum atomic E-state index is -0.231. The Hall–Kier alpha value is -3.28. The zero-order valence-electron chi connectivity index (χ0n) is 14.8. The Morgan fingerprint density at radius 1 is 1.12 bits per heavy atom. The van der Waals surface area contributed by atoms with Gasteiger partial charge < -0.3 is 14.8 Å². The van der Waals surface area contributed by atoms with E-state index in [1.54, 1.807) is 13.2 Å². The number of H-pyrrole nitrogens is 1. The lowest BCUT2D eigenvalue weighted by Gasteiger charge is -2.08. The minimum absolute atomic E-state index is 0.231. The highest BCUT2D eigenvalue weighted by atomic mass is 16.5. The van der Waals surface area contributed by atoms with E-state index in [0.717, 1.165) is 5.56 Å². The molecule has 0 atom stereocenters. The van der Waals surface area contributed by atoms with Crippen LogP contribution in [0.2, 0.25) is 0 Å². The van der Waals surface area contributed by atoms with Crippen LogP contribution in [-0.4, -0.2) is 23.2 Å². The summed E-state index contributed by atoms with van der Waals surface area (Å²) in [4.78, 5) is 12.2. The second-order valence-electron chi connectivity index (χ2n) is 5.89. The second kappa shape index (κ2) is 8.20. The van der Waals surface area contributed by atoms with Crippen LogP contribution in [-0.2, 0) is 13.2 Å². The van der Waals surface area contributed by atoms with Crippen LogP contribution >= 0.6 is 0 Å². The molecule has 0 unspecified atom stereocenters. The standard InChI is InChI=1S/C20H21N3O3/c1-14-7-9-15(10-8-14)12-21-20(24)17-11-16(22-23-17)13-26-19-6-4-3-5-18(19)25-2/h3-11H,12-13H2,1-2H3,(H,21,24)(H,22,23). The van der Waals surface area contributed by atoms with Crippen molar-refractivity contribution in [3.05, 3.63) is 77.1 Å². The Kier molecular flexibility index (Phi) is 5.53. The van der Waals surface area contributed by atoms with Crippen LogP contribution < -0.4 is 14.8 Å². The number of benzene rings is 2. The maximum Gasteiger partial charge on any atom is 0.272 e. The molecular formula is C20H21N3O3. The van der Waals surface area contributed by atoms with Crippen molar-refractivity contribution in [2.75, 3.05) is 7.11 Å². The van der Waals surface area contributed by atoms with Crippen molar-refractivity contribution in [3.8, 4) is 11.5 Å². The molecule has 0 radical (unpaired) electrons. The Balaban J connectivity index is 1.55. The van der Waals surface area contributed by atoms with Gasteiger partial charge in [0.25, 0.3) is 5.91 Å². The van der Waals surface area contributed by atoms with E-state index >= 15 is 0 Å². The van der Waals surface area contributed by atoms with Gasteiger partial charge in [-0.2, -0.15) is 5.10 Å². The monoisotopic (exact) mass is 351 g/mol. The first-order valence-corrected chi connectivity index (χ1v) is 8.29. The summed E-state index contributed by atoms with van der Waals surface area (Å²) in [5.74, 6) is 1.06. The molecule has 6 heteroatoms. The van der Waals surface area contributed by atoms with E-state index in [1.165, 1.54) is 5.56 Å². The SMILES string of the molecule is COc1ccccc1OCc1cc(C(=O)NCc2ccc(C)cc2)n[nH]1. The van der Waals surface area contributed by atoms with Gasteiger partial charge in [-0.15, -0.1) is 0 Å². The molecule has 0 aliphatic rings. The number of rotatable bonds is 7. The molecule has 134 valence electrons. The highest BCUT2D eigenvalue weighted by Crippen LogP contribution is 2.26. The molecule has 2 aromatic carbocycles. The molecule has 0 spiro atoms. The van der Waals surface area contributed by atoms with Crippen LogP contribution in [0.1, 0.15) is 27.3 Å². The molecule has 0 aliphatic carbocycles. The van der Waals surface area contributed by atoms with E-state index in [-0.39, 0.29) is 12.5 Å². The van der Waals surface area contributed by atoms with Crippen LogP contribution in [0.15, 0.2) is 54.6 Å². The second-order valence-corrected chi connectivity index (χ2v) is 5.89. The van der Waals surface area contributed by atoms with E-state index < -0.39 is 0 Å². The van der Waals surface area contributed by atoms with Crippen LogP contribution in [0.4, 0.5) is 0 Å². The molecule has 26 heavy (non-hydrogen) atoms. The number of aromatic amines is 1. The van der Waals surface area contributed by atoms with Crippen molar-refractivity contribution < 1.29 is 14.3 Å². The van der Waals surface area contributed by atoms with E-state index in [0.29, 0.717) is 29.4 Å². The van der Waals surface area contributed by atoms with Gasteiger partial charge in [-0.05, 0) is 30.7 Å². The molecule has 2 N–H and O–H groups in total. The highest BCUT2D eigenvalue weighted by Gasteiger charge is 2.11. The average molecular weight is 351 g/mol. The van der Waals surface area contributed by atoms with Gasteiger partial charge in [-0.25, -0.2) is 0 Å². The number of nitrogens with zero attached hydrogens (tertiary/aromatic N) is 1. The number of carbonyl (C=O) groups excluding carboxylic acids is 1. The van der Waals surface area contributed by atoms with E-state index in [2.05, 4.69) is 15.5 Å². The number of aromatic nitrogens is 2. The molecule has 0 fully saturated rings. The van der Waals surface area contributed by atoms with Gasteiger partial charge in [0.2, 0.25) is 0 Å². The molecule has 6 nitrogen and oxygen atoms in total. The topological polar surface area (TPSA) is 76.2 Å². The number of ether oxygens (including phenoxy) is 2. The first-order valence-electron chi connectivity index (χ1n) is 8.29. The number of para-hydroxylation sites is 2. The smallest absolute Gasteiger partial charge is 0.272 e. The minimum Gasteiger partial charge on any atom is -0.493 e. The normalized spacial score (nSPS) is 10.4. The maximum absolute atomic E-state index is 12.2. The predicted octanol–water partition coefficient (Wildman–Crippen LogP) is 3.24. The van der Waals surface area contributed by atoms with Gasteiger partial charge in [0.05, 0.1) is 12.8 Å². The fourth-order valence-electron chi connectivity index (χ4n) is 2.42. The number of nitrogens with one attached hydrogen (secondary N) is 2. The molecule has 3 rings (SSSR count). The van der Waals surface area contributed by atoms with E-state index in [9.17, 15) is 4.79 Å². The van der Waals surface area contributed by atoms with E-state index in [4.69, 9.17) is 9.47 Å². The summed E-state index contributed by atoms with van der Waals surface area (Å²) in [6.07, 6.45) is 0. The van der Waals surface area contributed by atoms with Crippen molar-refractivity contribution in [3.63, 3.8) is 0 Å². The molecule has 1 aromatic heterocycles. The van der Waals surface area contributed by atoms with Crippen molar-refractivity contribution in [1.29, 1.82) is 0 Å². The van der Waals surface area contributed by atoms with Crippen LogP contribution in [0.5, 0.6) is 11.5 Å². The lowest BCUT2D eigenvalue weighted by atomic mass is 10.1. The summed E-state index contributed by atoms with van der Waals surface area (Å²) < 4.78 is 11.0. The number of hydrogen-bond donors (Lipinski definition) is 2. The van der Waals surface area contributed by atoms with Gasteiger partial charge in [0.15, 0.2) is 11.5 Å². The summed E-state index contributed by atoms with van der Waals surface area (Å²) in [6, 6.07) is 17.1. The summed E-state index contributed by atoms with van der Waals surface area (Å²) >= 11 is 0. The van der Waals surface area contributed by atoms with Crippen molar-refractivity contribution >= 4 is 5.91 Å². The number of amides is 1. The van der Waals surface area contributed by atoms with Crippen LogP contribution in [0.25, 0.3) is 0 Å². The van der Waals surface area contributed by atoms with Gasteiger partial charge in [-0.3, -0.25) is 9.89 Å². The Morgan fingerprint density at radius 2 is 1.85 bits per heavy atom. The maximum atomic E-state index is 12.2. The molecule has 0 bridgehead atoms. The molecule has 3 aromatic rings. The van der Waals surface area contributed by atoms with E-state index in [1.807, 2.05) is 55.5 Å². The first kappa shape index (κ1) is 17.5. The van der Waals surface area contributed by atoms with Crippen molar-refractivity contribution in [1.82, 2.24) is 15.5 Å². The third kappa shape index (κ3) is 4.42. The molecule has 0 aliphatic heterocycles. The average Bonchev–Trinajstić information content (AvgIpc) is 3.15. The molecular weight excluding hydrogens is 330 g/mol. The number of carbonyl (C=O) groups is 1. The first-order chi connectivity index (χ1) is 12.7. The van der Waals surface area contributed by atoms with Crippen LogP contribution in [0.3, 0.4) is 0 Å². The summed E-state index contributed by atoms with van der Waals surface area (Å²) in [5.41, 5.74) is 3.26. The summed E-state index contributed by atoms with van der Waals surface area (Å²) in [6.45, 7) is 2.75. The van der Waals surface area contributed by atoms with Crippen molar-refractivity contribution in [2.24, 2.45) is 0 Å². The summed E-state index contributed by atoms with van der Waals surface area (Å²) in [7, 11) is 1.59. The number of aryl methyl sites for hydroxylation is 1. The third-order valence-electron chi connectivity index (χ3n) is 3.89. The summed E-state index contributed by atoms with van der Waals surface area (Å²) in [5, 5.41) is 9.73. The molecule has 1 heterocycles. The Morgan fingerprint density at radius 3 is 2.58 bits per heavy atom. The quantitative estimate of drug-likeness (QED) is 0.685. The third-order valence-corrected chi connectivity index (χ3v) is 3.89. The van der Waals surface area contributed by atoms with Crippen LogP contribution in [0, 0.1) is 6.92 Å². The lowest BCUT2D eigenvalue weighted by molar-refractivity contribution is 0.0946. The van der Waals surface area contributed by atoms with Gasteiger partial charge >= 0.3 is 0 Å². The fourth-order valence-corrected chi connectivity index (χ4v) is 2.42. The highest BCUT2D eigenvalue weighted by molar-refractivity contribution is 5.92. The largest absolute Gasteiger partial charge is 0.493 e. The predicted molar refractivity (Wildman–Crippen MR) is 98.3 cm³/mol. The number of methoxy groups -OCH3 is 1. The zero-order chi connectivity index (χ0) is 18.4. The van der Waals surface area contributed by atoms with Gasteiger partial charge in [-0.1, -0.05) is 42.0 Å². The molecule has 0 saturated heterocycles. The van der Waals surface area contributed by atoms with Gasteiger partial charge in [0.1, 0.15) is 12.3 Å². The molecule has 1 amide bonds. The van der Waals surface area contributed by atoms with Gasteiger partial charge in [0, 0.05) is 6.54 Å². The Bertz CT molecular complexity index is 872. The molecule has 0 saturated carbocycles. The Labute approximate surface area is 152 Å². The lowest BCUT2D eigenvalue weighted by Crippen LogP contribution is -2.23. The fraction of sp³-hybridized carbons (Fsp3) is 0.200.